The van der Waals surface area contributed by atoms with Gasteiger partial charge in [0.15, 0.2) is 11.3 Å². The average molecular weight is 491 g/mol. The van der Waals surface area contributed by atoms with Crippen LogP contribution in [0.3, 0.4) is 0 Å². The molecule has 0 radical (unpaired) electrons. The molecule has 2 N–H and O–H groups in total. The van der Waals surface area contributed by atoms with Crippen molar-refractivity contribution < 1.29 is 23.8 Å². The molecule has 36 heavy (non-hydrogen) atoms. The van der Waals surface area contributed by atoms with Crippen molar-refractivity contribution in [3.05, 3.63) is 71.1 Å². The Balaban J connectivity index is 1.61. The van der Waals surface area contributed by atoms with Gasteiger partial charge in [-0.05, 0) is 76.8 Å². The Hall–Kier alpha value is -4.11. The number of nitrogens with one attached hydrogen (secondary N) is 2. The van der Waals surface area contributed by atoms with Crippen molar-refractivity contribution in [3.63, 3.8) is 0 Å². The second kappa shape index (κ2) is 10.7. The first-order valence-electron chi connectivity index (χ1n) is 11.7. The second-order valence-electron chi connectivity index (χ2n) is 9.00. The van der Waals surface area contributed by atoms with Gasteiger partial charge in [0, 0.05) is 35.6 Å². The molecule has 2 aromatic heterocycles. The highest BCUT2D eigenvalue weighted by Gasteiger charge is 2.37. The number of likely N-dealkylation sites (N-methyl/N-ethyl adjacent to an activating group) is 1. The number of hydrogen-bond donors (Lipinski definition) is 2. The second-order valence-corrected chi connectivity index (χ2v) is 9.00. The number of carbonyl (C=O) groups is 2. The summed E-state index contributed by atoms with van der Waals surface area (Å²) in [6.07, 6.45) is 4.61. The number of aryl methyl sites for hydroxylation is 1. The highest BCUT2D eigenvalue weighted by molar-refractivity contribution is 6.26. The van der Waals surface area contributed by atoms with Crippen LogP contribution in [0.5, 0.6) is 5.75 Å². The molecule has 0 saturated carbocycles. The molecule has 0 aliphatic carbocycles. The Bertz CT molecular complexity index is 1350. The van der Waals surface area contributed by atoms with Crippen LogP contribution in [0.25, 0.3) is 17.1 Å². The predicted octanol–water partition coefficient (Wildman–Crippen LogP) is 4.03. The summed E-state index contributed by atoms with van der Waals surface area (Å²) in [5.41, 5.74) is 2.75. The quantitative estimate of drug-likeness (QED) is 0.263. The first-order valence-corrected chi connectivity index (χ1v) is 11.7. The number of ether oxygens (including phenoxy) is 3. The van der Waals surface area contributed by atoms with Gasteiger partial charge in [-0.25, -0.2) is 9.78 Å². The molecule has 0 fully saturated rings. The number of rotatable bonds is 9. The molecule has 0 bridgehead atoms. The molecule has 4 rings (SSSR count). The van der Waals surface area contributed by atoms with E-state index in [1.54, 1.807) is 32.3 Å². The van der Waals surface area contributed by atoms with Crippen LogP contribution in [-0.4, -0.2) is 60.0 Å². The maximum Gasteiger partial charge on any atom is 0.348 e. The van der Waals surface area contributed by atoms with E-state index in [9.17, 15) is 9.59 Å². The van der Waals surface area contributed by atoms with Crippen LogP contribution in [0.2, 0.25) is 0 Å². The highest BCUT2D eigenvalue weighted by atomic mass is 16.5. The molecular weight excluding hydrogens is 460 g/mol. The zero-order valence-electron chi connectivity index (χ0n) is 21.0. The fourth-order valence-corrected chi connectivity index (χ4v) is 3.65. The zero-order valence-corrected chi connectivity index (χ0v) is 21.0. The first kappa shape index (κ1) is 25.0. The van der Waals surface area contributed by atoms with Crippen molar-refractivity contribution in [3.8, 4) is 5.75 Å². The van der Waals surface area contributed by atoms with Gasteiger partial charge in [-0.3, -0.25) is 4.79 Å². The lowest BCUT2D eigenvalue weighted by molar-refractivity contribution is -0.143. The Morgan fingerprint density at radius 1 is 1.28 bits per heavy atom. The molecule has 9 heteroatoms. The molecule has 0 saturated heterocycles. The average Bonchev–Trinajstić information content (AvgIpc) is 3.36. The highest BCUT2D eigenvalue weighted by Crippen LogP contribution is 2.32. The smallest absolute Gasteiger partial charge is 0.348 e. The van der Waals surface area contributed by atoms with Gasteiger partial charge in [0.05, 0.1) is 6.10 Å². The third-order valence-electron chi connectivity index (χ3n) is 5.46. The zero-order chi connectivity index (χ0) is 25.8. The first-order chi connectivity index (χ1) is 17.2. The molecule has 3 aromatic rings. The minimum atomic E-state index is -0.747. The topological polar surface area (TPSA) is 106 Å². The summed E-state index contributed by atoms with van der Waals surface area (Å²) in [6, 6.07) is 9.22. The Labute approximate surface area is 209 Å². The van der Waals surface area contributed by atoms with Crippen molar-refractivity contribution >= 4 is 34.5 Å². The number of pyridine rings is 1. The van der Waals surface area contributed by atoms with Gasteiger partial charge >= 0.3 is 5.97 Å². The number of Topliss-reactive ketones (excluding diaryl/α,β-unsaturated/α-hetero) is 1. The van der Waals surface area contributed by atoms with Gasteiger partial charge in [-0.2, -0.15) is 0 Å². The third kappa shape index (κ3) is 5.58. The summed E-state index contributed by atoms with van der Waals surface area (Å²) in [7, 11) is 3.97. The summed E-state index contributed by atoms with van der Waals surface area (Å²) < 4.78 is 17.0. The number of aromatic nitrogens is 2. The van der Waals surface area contributed by atoms with Gasteiger partial charge in [-0.15, -0.1) is 0 Å². The monoisotopic (exact) mass is 490 g/mol. The largest absolute Gasteiger partial charge is 0.492 e. The SMILES string of the molecule is Cc1cc(OCCN(C)C)ccc1NC1=C(C(=O)OC(C)C)C(=O)/C(=C/c2c[nH]c3ncccc23)O1. The lowest BCUT2D eigenvalue weighted by Crippen LogP contribution is -2.19. The number of hydrogen-bond acceptors (Lipinski definition) is 8. The van der Waals surface area contributed by atoms with Crippen LogP contribution in [0.1, 0.15) is 25.0 Å². The van der Waals surface area contributed by atoms with Crippen LogP contribution in [0, 0.1) is 6.92 Å². The number of fused-ring (bicyclic) bond motifs is 1. The van der Waals surface area contributed by atoms with E-state index in [1.165, 1.54) is 0 Å². The van der Waals surface area contributed by atoms with Gasteiger partial charge in [0.25, 0.3) is 0 Å². The van der Waals surface area contributed by atoms with E-state index < -0.39 is 17.9 Å². The fraction of sp³-hybridized carbons (Fsp3) is 0.296. The number of carbonyl (C=O) groups excluding carboxylic acids is 2. The van der Waals surface area contributed by atoms with E-state index in [2.05, 4.69) is 15.3 Å². The van der Waals surface area contributed by atoms with Crippen molar-refractivity contribution in [1.29, 1.82) is 0 Å². The number of ketones is 1. The van der Waals surface area contributed by atoms with Crippen molar-refractivity contribution in [2.45, 2.75) is 26.9 Å². The van der Waals surface area contributed by atoms with E-state index in [1.807, 2.05) is 56.3 Å². The molecule has 0 amide bonds. The molecule has 3 heterocycles. The number of anilines is 1. The van der Waals surface area contributed by atoms with E-state index in [4.69, 9.17) is 14.2 Å². The predicted molar refractivity (Wildman–Crippen MR) is 137 cm³/mol. The summed E-state index contributed by atoms with van der Waals surface area (Å²) in [5.74, 6) is -0.533. The molecule has 0 unspecified atom stereocenters. The summed E-state index contributed by atoms with van der Waals surface area (Å²) in [6.45, 7) is 6.71. The van der Waals surface area contributed by atoms with Crippen molar-refractivity contribution in [1.82, 2.24) is 14.9 Å². The van der Waals surface area contributed by atoms with Crippen LogP contribution < -0.4 is 10.1 Å². The standard InChI is InChI=1S/C27H30N4O5/c1-16(2)35-27(33)23-24(32)22(14-18-15-29-25-20(18)7-6-10-28-25)36-26(23)30-21-9-8-19(13-17(21)3)34-12-11-31(4)5/h6-10,13-16,30H,11-12H2,1-5H3,(H,28,29)/b22-14-. The number of benzene rings is 1. The van der Waals surface area contributed by atoms with E-state index in [-0.39, 0.29) is 17.2 Å². The maximum atomic E-state index is 13.3. The van der Waals surface area contributed by atoms with E-state index in [0.29, 0.717) is 17.9 Å². The number of aromatic amines is 1. The Morgan fingerprint density at radius 3 is 2.81 bits per heavy atom. The molecule has 188 valence electrons. The van der Waals surface area contributed by atoms with Crippen LogP contribution in [0.15, 0.2) is 59.9 Å². The molecule has 1 aliphatic rings. The fourth-order valence-electron chi connectivity index (χ4n) is 3.65. The van der Waals surface area contributed by atoms with Gasteiger partial charge < -0.3 is 29.4 Å². The lowest BCUT2D eigenvalue weighted by Gasteiger charge is -2.14. The maximum absolute atomic E-state index is 13.3. The number of allylic oxidation sites excluding steroid dienone is 1. The van der Waals surface area contributed by atoms with Crippen LogP contribution >= 0.6 is 0 Å². The minimum absolute atomic E-state index is 0.0132. The summed E-state index contributed by atoms with van der Waals surface area (Å²) in [4.78, 5) is 35.5. The molecule has 1 aliphatic heterocycles. The van der Waals surface area contributed by atoms with Crippen molar-refractivity contribution in [2.75, 3.05) is 32.6 Å². The van der Waals surface area contributed by atoms with Crippen molar-refractivity contribution in [2.24, 2.45) is 0 Å². The van der Waals surface area contributed by atoms with Crippen LogP contribution in [0.4, 0.5) is 5.69 Å². The Kier molecular flexibility index (Phi) is 7.40. The number of H-pyrrole nitrogens is 1. The van der Waals surface area contributed by atoms with Crippen LogP contribution in [-0.2, 0) is 19.1 Å². The number of esters is 1. The van der Waals surface area contributed by atoms with E-state index >= 15 is 0 Å². The molecule has 0 atom stereocenters. The molecule has 1 aromatic carbocycles. The van der Waals surface area contributed by atoms with Gasteiger partial charge in [-0.1, -0.05) is 0 Å². The summed E-state index contributed by atoms with van der Waals surface area (Å²) >= 11 is 0. The van der Waals surface area contributed by atoms with E-state index in [0.717, 1.165) is 28.8 Å². The third-order valence-corrected chi connectivity index (χ3v) is 5.46. The summed E-state index contributed by atoms with van der Waals surface area (Å²) in [5, 5.41) is 3.93. The lowest BCUT2D eigenvalue weighted by atomic mass is 10.1. The Morgan fingerprint density at radius 2 is 2.08 bits per heavy atom. The number of nitrogens with zero attached hydrogens (tertiary/aromatic N) is 2. The normalized spacial score (nSPS) is 14.8. The van der Waals surface area contributed by atoms with Gasteiger partial charge in [0.2, 0.25) is 11.7 Å². The molecule has 0 spiro atoms. The molecule has 9 nitrogen and oxygen atoms in total. The molecular formula is C27H30N4O5. The van der Waals surface area contributed by atoms with Gasteiger partial charge in [0.1, 0.15) is 18.0 Å². The minimum Gasteiger partial charge on any atom is -0.492 e.